The number of benzene rings is 2. The molecule has 0 spiro atoms. The molecule has 3 aliphatic rings. The van der Waals surface area contributed by atoms with Crippen molar-refractivity contribution in [1.82, 2.24) is 19.4 Å². The van der Waals surface area contributed by atoms with Gasteiger partial charge >= 0.3 is 0 Å². The number of piperidine rings is 1. The van der Waals surface area contributed by atoms with Crippen LogP contribution in [0.15, 0.2) is 48.7 Å². The number of ether oxygens (including phenoxy) is 3. The molecule has 0 N–H and O–H groups in total. The number of aromatic nitrogens is 3. The summed E-state index contributed by atoms with van der Waals surface area (Å²) < 4.78 is 35.4. The van der Waals surface area contributed by atoms with Crippen LogP contribution in [-0.2, 0) is 23.6 Å². The van der Waals surface area contributed by atoms with Crippen molar-refractivity contribution in [3.05, 3.63) is 82.1 Å². The summed E-state index contributed by atoms with van der Waals surface area (Å²) in [6, 6.07) is 14.7. The average Bonchev–Trinajstić information content (AvgIpc) is 3.48. The number of nitriles is 1. The molecule has 0 bridgehead atoms. The first kappa shape index (κ1) is 26.2. The van der Waals surface area contributed by atoms with Crippen LogP contribution in [-0.4, -0.2) is 45.2 Å². The highest BCUT2D eigenvalue weighted by Crippen LogP contribution is 2.49. The van der Waals surface area contributed by atoms with Crippen LogP contribution in [0.25, 0.3) is 11.0 Å². The summed E-state index contributed by atoms with van der Waals surface area (Å²) in [5.41, 5.74) is 3.03. The number of likely N-dealkylation sites (tertiary alicyclic amines) is 1. The molecule has 0 unspecified atom stereocenters. The summed E-state index contributed by atoms with van der Waals surface area (Å²) in [6.07, 6.45) is 4.48. The molecule has 0 amide bonds. The van der Waals surface area contributed by atoms with Gasteiger partial charge < -0.3 is 18.8 Å². The summed E-state index contributed by atoms with van der Waals surface area (Å²) in [7, 11) is 0. The first-order valence-corrected chi connectivity index (χ1v) is 14.3. The lowest BCUT2D eigenvalue weighted by Gasteiger charge is -2.33. The first-order valence-electron chi connectivity index (χ1n) is 14.0. The summed E-state index contributed by atoms with van der Waals surface area (Å²) >= 11 is 6.03. The molecule has 8 nitrogen and oxygen atoms in total. The number of nitrogens with zero attached hydrogens (tertiary/aromatic N) is 5. The molecule has 4 aromatic rings. The van der Waals surface area contributed by atoms with Gasteiger partial charge in [-0.3, -0.25) is 9.88 Å². The number of rotatable bonds is 6. The highest BCUT2D eigenvalue weighted by Gasteiger charge is 2.42. The van der Waals surface area contributed by atoms with Gasteiger partial charge in [0.25, 0.3) is 5.79 Å². The first-order chi connectivity index (χ1) is 19.9. The van der Waals surface area contributed by atoms with Crippen LogP contribution in [0.5, 0.6) is 11.5 Å². The van der Waals surface area contributed by atoms with Gasteiger partial charge in [0.1, 0.15) is 22.9 Å². The van der Waals surface area contributed by atoms with E-state index in [1.807, 2.05) is 35.8 Å². The Labute approximate surface area is 242 Å². The van der Waals surface area contributed by atoms with Gasteiger partial charge in [-0.1, -0.05) is 23.7 Å². The Bertz CT molecular complexity index is 1660. The lowest BCUT2D eigenvalue weighted by Crippen LogP contribution is -2.35. The lowest BCUT2D eigenvalue weighted by atomic mass is 9.88. The van der Waals surface area contributed by atoms with Gasteiger partial charge in [-0.25, -0.2) is 9.37 Å². The van der Waals surface area contributed by atoms with E-state index in [1.165, 1.54) is 6.07 Å². The van der Waals surface area contributed by atoms with E-state index < -0.39 is 11.6 Å². The normalized spacial score (nSPS) is 22.5. The van der Waals surface area contributed by atoms with Crippen LogP contribution in [0.3, 0.4) is 0 Å². The second-order valence-electron chi connectivity index (χ2n) is 11.1. The van der Waals surface area contributed by atoms with E-state index in [4.69, 9.17) is 30.8 Å². The Balaban J connectivity index is 1.08. The second kappa shape index (κ2) is 10.3. The molecule has 10 heteroatoms. The van der Waals surface area contributed by atoms with Crippen LogP contribution >= 0.6 is 11.6 Å². The minimum absolute atomic E-state index is 0.0584. The highest BCUT2D eigenvalue weighted by molar-refractivity contribution is 6.30. The molecule has 0 radical (unpaired) electrons. The summed E-state index contributed by atoms with van der Waals surface area (Å²) in [5.74, 6) is 1.16. The number of para-hydroxylation sites is 1. The largest absolute Gasteiger partial charge is 0.443 e. The van der Waals surface area contributed by atoms with Crippen molar-refractivity contribution < 1.29 is 18.6 Å². The quantitative estimate of drug-likeness (QED) is 0.283. The zero-order valence-electron chi connectivity index (χ0n) is 22.6. The fourth-order valence-electron chi connectivity index (χ4n) is 6.10. The van der Waals surface area contributed by atoms with E-state index >= 15 is 4.39 Å². The third-order valence-electron chi connectivity index (χ3n) is 8.38. The summed E-state index contributed by atoms with van der Waals surface area (Å²) in [5, 5.41) is 9.88. The van der Waals surface area contributed by atoms with E-state index in [0.717, 1.165) is 61.8 Å². The van der Waals surface area contributed by atoms with Crippen LogP contribution in [0.2, 0.25) is 5.02 Å². The van der Waals surface area contributed by atoms with E-state index in [-0.39, 0.29) is 11.7 Å². The monoisotopic (exact) mass is 573 g/mol. The molecule has 2 atom stereocenters. The van der Waals surface area contributed by atoms with Crippen molar-refractivity contribution in [2.75, 3.05) is 19.7 Å². The van der Waals surface area contributed by atoms with Gasteiger partial charge in [-0.05, 0) is 68.6 Å². The fraction of sp³-hybridized carbons (Fsp3) is 0.387. The molecule has 0 saturated carbocycles. The van der Waals surface area contributed by atoms with E-state index in [9.17, 15) is 5.26 Å². The maximum Gasteiger partial charge on any atom is 0.292 e. The maximum absolute atomic E-state index is 15.1. The SMILES string of the molecule is C[C@]1(c2ccc(Cl)cn2)Oc2cccc(C3CCN(Cc4nc5cc(C#N)cc(F)c5n4C[C@@H]4CCO4)CC3)c2O1. The molecule has 5 heterocycles. The van der Waals surface area contributed by atoms with Crippen molar-refractivity contribution in [3.63, 3.8) is 0 Å². The van der Waals surface area contributed by atoms with Crippen LogP contribution in [0.1, 0.15) is 54.7 Å². The van der Waals surface area contributed by atoms with Crippen molar-refractivity contribution in [3.8, 4) is 17.6 Å². The number of hydrogen-bond acceptors (Lipinski definition) is 7. The maximum atomic E-state index is 15.1. The van der Waals surface area contributed by atoms with Gasteiger partial charge in [0.15, 0.2) is 11.5 Å². The Kier molecular flexibility index (Phi) is 6.57. The van der Waals surface area contributed by atoms with Crippen molar-refractivity contribution >= 4 is 22.6 Å². The number of pyridine rings is 1. The van der Waals surface area contributed by atoms with Crippen LogP contribution < -0.4 is 9.47 Å². The Morgan fingerprint density at radius 1 is 1.15 bits per heavy atom. The minimum Gasteiger partial charge on any atom is -0.443 e. The van der Waals surface area contributed by atoms with Crippen molar-refractivity contribution in [1.29, 1.82) is 5.26 Å². The fourth-order valence-corrected chi connectivity index (χ4v) is 6.21. The average molecular weight is 574 g/mol. The summed E-state index contributed by atoms with van der Waals surface area (Å²) in [4.78, 5) is 11.6. The Morgan fingerprint density at radius 2 is 1.98 bits per heavy atom. The second-order valence-corrected chi connectivity index (χ2v) is 11.5. The van der Waals surface area contributed by atoms with Gasteiger partial charge in [0, 0.05) is 25.3 Å². The smallest absolute Gasteiger partial charge is 0.292 e. The molecule has 41 heavy (non-hydrogen) atoms. The number of halogens is 2. The minimum atomic E-state index is -1.02. The predicted molar refractivity (Wildman–Crippen MR) is 150 cm³/mol. The van der Waals surface area contributed by atoms with Gasteiger partial charge in [0.2, 0.25) is 0 Å². The molecule has 3 aliphatic heterocycles. The topological polar surface area (TPSA) is 85.4 Å². The summed E-state index contributed by atoms with van der Waals surface area (Å²) in [6.45, 7) is 5.48. The standard InChI is InChI=1S/C31H29ClFN5O3/c1-31(27-6-5-21(32)16-35-27)40-26-4-2-3-23(30(26)41-31)20-7-10-37(11-8-20)18-28-36-25-14-19(15-34)13-24(33)29(25)38(28)17-22-9-12-39-22/h2-6,13-14,16,20,22H,7-12,17-18H2,1H3/t22-,31-/m0/s1. The highest BCUT2D eigenvalue weighted by atomic mass is 35.5. The number of hydrogen-bond donors (Lipinski definition) is 0. The zero-order valence-corrected chi connectivity index (χ0v) is 23.4. The predicted octanol–water partition coefficient (Wildman–Crippen LogP) is 5.91. The molecule has 0 aliphatic carbocycles. The Hall–Kier alpha value is -3.71. The molecule has 2 aromatic carbocycles. The molecule has 2 saturated heterocycles. The van der Waals surface area contributed by atoms with Crippen molar-refractivity contribution in [2.45, 2.75) is 57.1 Å². The van der Waals surface area contributed by atoms with Gasteiger partial charge in [0.05, 0.1) is 41.4 Å². The lowest BCUT2D eigenvalue weighted by molar-refractivity contribution is -0.0722. The van der Waals surface area contributed by atoms with Crippen LogP contribution in [0, 0.1) is 17.1 Å². The Morgan fingerprint density at radius 3 is 2.68 bits per heavy atom. The third-order valence-corrected chi connectivity index (χ3v) is 8.60. The van der Waals surface area contributed by atoms with Gasteiger partial charge in [-0.2, -0.15) is 5.26 Å². The van der Waals surface area contributed by atoms with Gasteiger partial charge in [-0.15, -0.1) is 0 Å². The molecule has 2 fully saturated rings. The molecule has 210 valence electrons. The van der Waals surface area contributed by atoms with Crippen LogP contribution in [0.4, 0.5) is 4.39 Å². The zero-order chi connectivity index (χ0) is 28.1. The molecule has 7 rings (SSSR count). The van der Waals surface area contributed by atoms with E-state index in [2.05, 4.69) is 16.0 Å². The third kappa shape index (κ3) is 4.80. The van der Waals surface area contributed by atoms with Crippen molar-refractivity contribution in [2.24, 2.45) is 0 Å². The molecular weight excluding hydrogens is 545 g/mol. The number of imidazole rings is 1. The molecule has 2 aromatic heterocycles. The van der Waals surface area contributed by atoms with E-state index in [0.29, 0.717) is 40.8 Å². The van der Waals surface area contributed by atoms with E-state index in [1.54, 1.807) is 18.3 Å². The molecular formula is C31H29ClFN5O3. The number of fused-ring (bicyclic) bond motifs is 2.